The minimum absolute atomic E-state index is 0.0101. The third-order valence-electron chi connectivity index (χ3n) is 6.14. The lowest BCUT2D eigenvalue weighted by atomic mass is 9.94. The summed E-state index contributed by atoms with van der Waals surface area (Å²) in [5, 5.41) is 11.6. The quantitative estimate of drug-likeness (QED) is 0.617. The van der Waals surface area contributed by atoms with E-state index in [9.17, 15) is 4.79 Å². The molecule has 1 fully saturated rings. The minimum Gasteiger partial charge on any atom is -0.497 e. The molecule has 32 heavy (non-hydrogen) atoms. The molecule has 3 aromatic rings. The van der Waals surface area contributed by atoms with Crippen LogP contribution >= 0.6 is 0 Å². The van der Waals surface area contributed by atoms with E-state index in [-0.39, 0.29) is 17.9 Å². The van der Waals surface area contributed by atoms with Crippen LogP contribution in [0.1, 0.15) is 42.5 Å². The first-order valence-corrected chi connectivity index (χ1v) is 11.0. The fraction of sp³-hybridized carbons (Fsp3) is 0.400. The van der Waals surface area contributed by atoms with Crippen molar-refractivity contribution in [3.05, 3.63) is 59.2 Å². The molecule has 4 rings (SSSR count). The maximum atomic E-state index is 12.9. The summed E-state index contributed by atoms with van der Waals surface area (Å²) < 4.78 is 11.1. The van der Waals surface area contributed by atoms with Crippen LogP contribution < -0.4 is 15.0 Å². The number of hydrogen-bond acceptors (Lipinski definition) is 6. The fourth-order valence-electron chi connectivity index (χ4n) is 4.25. The maximum absolute atomic E-state index is 12.9. The Morgan fingerprint density at radius 3 is 2.50 bits per heavy atom. The molecule has 0 unspecified atom stereocenters. The van der Waals surface area contributed by atoms with Gasteiger partial charge in [0.2, 0.25) is 11.8 Å². The molecule has 0 bridgehead atoms. The average Bonchev–Trinajstić information content (AvgIpc) is 3.29. The van der Waals surface area contributed by atoms with Crippen LogP contribution in [-0.4, -0.2) is 36.3 Å². The van der Waals surface area contributed by atoms with Crippen LogP contribution in [0.5, 0.6) is 5.75 Å². The SMILES string of the molecule is COc1ccc(-c2nnc(N3CCC(C(=O)N[C@H](C)c4ccc(C)cc4C)CC3)o2)cc1. The Bertz CT molecular complexity index is 1070. The molecule has 0 aliphatic carbocycles. The van der Waals surface area contributed by atoms with Crippen LogP contribution in [0.15, 0.2) is 46.9 Å². The van der Waals surface area contributed by atoms with Gasteiger partial charge in [-0.05, 0) is 69.0 Å². The van der Waals surface area contributed by atoms with Crippen molar-refractivity contribution in [2.45, 2.75) is 39.7 Å². The van der Waals surface area contributed by atoms with E-state index in [1.807, 2.05) is 31.2 Å². The Morgan fingerprint density at radius 2 is 1.84 bits per heavy atom. The van der Waals surface area contributed by atoms with E-state index in [2.05, 4.69) is 52.5 Å². The largest absolute Gasteiger partial charge is 0.497 e. The summed E-state index contributed by atoms with van der Waals surface area (Å²) in [6.45, 7) is 7.63. The highest BCUT2D eigenvalue weighted by molar-refractivity contribution is 5.79. The molecule has 0 radical (unpaired) electrons. The normalized spacial score (nSPS) is 15.4. The first-order valence-electron chi connectivity index (χ1n) is 11.0. The lowest BCUT2D eigenvalue weighted by Crippen LogP contribution is -2.41. The maximum Gasteiger partial charge on any atom is 0.318 e. The second-order valence-electron chi connectivity index (χ2n) is 8.47. The highest BCUT2D eigenvalue weighted by atomic mass is 16.5. The number of carbonyl (C=O) groups excluding carboxylic acids is 1. The zero-order valence-electron chi connectivity index (χ0n) is 19.1. The predicted molar refractivity (Wildman–Crippen MR) is 124 cm³/mol. The molecule has 1 saturated heterocycles. The first kappa shape index (κ1) is 21.9. The van der Waals surface area contributed by atoms with Gasteiger partial charge in [0.15, 0.2) is 0 Å². The predicted octanol–water partition coefficient (Wildman–Crippen LogP) is 4.46. The molecule has 7 nitrogen and oxygen atoms in total. The van der Waals surface area contributed by atoms with E-state index in [1.54, 1.807) is 7.11 Å². The average molecular weight is 435 g/mol. The number of amides is 1. The summed E-state index contributed by atoms with van der Waals surface area (Å²) in [7, 11) is 1.63. The molecular weight excluding hydrogens is 404 g/mol. The van der Waals surface area contributed by atoms with Gasteiger partial charge in [-0.25, -0.2) is 0 Å². The summed E-state index contributed by atoms with van der Waals surface area (Å²) in [6, 6.07) is 14.4. The number of ether oxygens (including phenoxy) is 1. The smallest absolute Gasteiger partial charge is 0.318 e. The van der Waals surface area contributed by atoms with Crippen LogP contribution in [0, 0.1) is 19.8 Å². The lowest BCUT2D eigenvalue weighted by molar-refractivity contribution is -0.126. The van der Waals surface area contributed by atoms with Gasteiger partial charge in [-0.1, -0.05) is 28.9 Å². The van der Waals surface area contributed by atoms with Crippen molar-refractivity contribution in [3.63, 3.8) is 0 Å². The van der Waals surface area contributed by atoms with Crippen LogP contribution in [0.3, 0.4) is 0 Å². The third-order valence-corrected chi connectivity index (χ3v) is 6.14. The number of nitrogens with zero attached hydrogens (tertiary/aromatic N) is 3. The molecule has 1 aromatic heterocycles. The Kier molecular flexibility index (Phi) is 6.44. The van der Waals surface area contributed by atoms with Gasteiger partial charge in [0, 0.05) is 24.6 Å². The van der Waals surface area contributed by atoms with Crippen LogP contribution in [0.2, 0.25) is 0 Å². The number of benzene rings is 2. The number of aromatic nitrogens is 2. The number of rotatable bonds is 6. The minimum atomic E-state index is -0.0107. The Balaban J connectivity index is 1.32. The van der Waals surface area contributed by atoms with Gasteiger partial charge < -0.3 is 19.4 Å². The number of aryl methyl sites for hydroxylation is 2. The number of methoxy groups -OCH3 is 1. The molecule has 1 atom stereocenters. The fourth-order valence-corrected chi connectivity index (χ4v) is 4.25. The lowest BCUT2D eigenvalue weighted by Gasteiger charge is -2.30. The summed E-state index contributed by atoms with van der Waals surface area (Å²) in [5.41, 5.74) is 4.45. The molecule has 0 spiro atoms. The van der Waals surface area contributed by atoms with Crippen molar-refractivity contribution < 1.29 is 13.9 Å². The van der Waals surface area contributed by atoms with E-state index in [0.29, 0.717) is 25.0 Å². The topological polar surface area (TPSA) is 80.5 Å². The first-order chi connectivity index (χ1) is 15.4. The highest BCUT2D eigenvalue weighted by Crippen LogP contribution is 2.27. The van der Waals surface area contributed by atoms with Gasteiger partial charge in [0.25, 0.3) is 0 Å². The Labute approximate surface area is 188 Å². The zero-order chi connectivity index (χ0) is 22.7. The van der Waals surface area contributed by atoms with Crippen LogP contribution in [0.4, 0.5) is 6.01 Å². The molecule has 1 aliphatic rings. The monoisotopic (exact) mass is 434 g/mol. The van der Waals surface area contributed by atoms with Gasteiger partial charge in [0.05, 0.1) is 13.2 Å². The van der Waals surface area contributed by atoms with E-state index >= 15 is 0 Å². The summed E-state index contributed by atoms with van der Waals surface area (Å²) in [4.78, 5) is 14.9. The molecule has 1 amide bonds. The highest BCUT2D eigenvalue weighted by Gasteiger charge is 2.28. The number of nitrogens with one attached hydrogen (secondary N) is 1. The second kappa shape index (κ2) is 9.42. The Hall–Kier alpha value is -3.35. The molecule has 1 aliphatic heterocycles. The van der Waals surface area contributed by atoms with Crippen molar-refractivity contribution in [2.75, 3.05) is 25.1 Å². The summed E-state index contributed by atoms with van der Waals surface area (Å²) in [5.74, 6) is 1.36. The Morgan fingerprint density at radius 1 is 1.12 bits per heavy atom. The third kappa shape index (κ3) is 4.77. The van der Waals surface area contributed by atoms with Crippen molar-refractivity contribution in [2.24, 2.45) is 5.92 Å². The molecule has 0 saturated carbocycles. The van der Waals surface area contributed by atoms with E-state index in [1.165, 1.54) is 16.7 Å². The number of piperidine rings is 1. The second-order valence-corrected chi connectivity index (χ2v) is 8.47. The molecule has 7 heteroatoms. The molecule has 1 N–H and O–H groups in total. The van der Waals surface area contributed by atoms with Crippen molar-refractivity contribution in [1.82, 2.24) is 15.5 Å². The summed E-state index contributed by atoms with van der Waals surface area (Å²) >= 11 is 0. The van der Waals surface area contributed by atoms with Crippen molar-refractivity contribution in [3.8, 4) is 17.2 Å². The van der Waals surface area contributed by atoms with Crippen LogP contribution in [-0.2, 0) is 4.79 Å². The number of carbonyl (C=O) groups is 1. The summed E-state index contributed by atoms with van der Waals surface area (Å²) in [6.07, 6.45) is 1.51. The molecule has 168 valence electrons. The molecule has 2 heterocycles. The molecule has 2 aromatic carbocycles. The van der Waals surface area contributed by atoms with Gasteiger partial charge in [-0.15, -0.1) is 5.10 Å². The van der Waals surface area contributed by atoms with Crippen molar-refractivity contribution >= 4 is 11.9 Å². The zero-order valence-corrected chi connectivity index (χ0v) is 19.1. The molecular formula is C25H30N4O3. The van der Waals surface area contributed by atoms with Gasteiger partial charge in [-0.3, -0.25) is 4.79 Å². The number of anilines is 1. The van der Waals surface area contributed by atoms with Crippen LogP contribution in [0.25, 0.3) is 11.5 Å². The van der Waals surface area contributed by atoms with Crippen molar-refractivity contribution in [1.29, 1.82) is 0 Å². The van der Waals surface area contributed by atoms with E-state index < -0.39 is 0 Å². The number of hydrogen-bond donors (Lipinski definition) is 1. The van der Waals surface area contributed by atoms with Gasteiger partial charge in [0.1, 0.15) is 5.75 Å². The van der Waals surface area contributed by atoms with Gasteiger partial charge in [-0.2, -0.15) is 0 Å². The standard InChI is InChI=1S/C25H30N4O3/c1-16-5-10-22(17(2)15-16)18(3)26-23(30)19-11-13-29(14-12-19)25-28-27-24(32-25)20-6-8-21(31-4)9-7-20/h5-10,15,18-19H,11-14H2,1-4H3,(H,26,30)/t18-/m1/s1. The van der Waals surface area contributed by atoms with Gasteiger partial charge >= 0.3 is 6.01 Å². The van der Waals surface area contributed by atoms with E-state index in [0.717, 1.165) is 24.2 Å². The van der Waals surface area contributed by atoms with E-state index in [4.69, 9.17) is 9.15 Å².